The van der Waals surface area contributed by atoms with Crippen molar-refractivity contribution >= 4 is 11.3 Å². The fraction of sp³-hybridized carbons (Fsp3) is 0.273. The van der Waals surface area contributed by atoms with E-state index >= 15 is 0 Å². The largest absolute Gasteiger partial charge is 0.353 e. The van der Waals surface area contributed by atoms with Crippen LogP contribution in [0.5, 0.6) is 0 Å². The summed E-state index contributed by atoms with van der Waals surface area (Å²) in [6, 6.07) is 9.84. The minimum absolute atomic E-state index is 0.201. The van der Waals surface area contributed by atoms with Gasteiger partial charge >= 0.3 is 0 Å². The SMILES string of the molecule is C=C(Nc1c(F)ccc2c1CCC2)/C(=C\C)c1ccc(C)cc1C. The molecule has 0 bridgehead atoms. The maximum atomic E-state index is 14.4. The molecule has 1 N–H and O–H groups in total. The number of hydrogen-bond acceptors (Lipinski definition) is 1. The molecule has 0 unspecified atom stereocenters. The summed E-state index contributed by atoms with van der Waals surface area (Å²) in [4.78, 5) is 0. The van der Waals surface area contributed by atoms with E-state index < -0.39 is 0 Å². The van der Waals surface area contributed by atoms with Crippen molar-refractivity contribution in [3.05, 3.63) is 82.3 Å². The van der Waals surface area contributed by atoms with Gasteiger partial charge < -0.3 is 5.32 Å². The Kier molecular flexibility index (Phi) is 4.57. The molecule has 0 fully saturated rings. The van der Waals surface area contributed by atoms with Crippen molar-refractivity contribution in [1.82, 2.24) is 0 Å². The molecule has 0 radical (unpaired) electrons. The number of fused-ring (bicyclic) bond motifs is 1. The first-order valence-corrected chi connectivity index (χ1v) is 8.51. The molecule has 1 aliphatic carbocycles. The minimum Gasteiger partial charge on any atom is -0.353 e. The average Bonchev–Trinajstić information content (AvgIpc) is 3.01. The summed E-state index contributed by atoms with van der Waals surface area (Å²) in [7, 11) is 0. The Bertz CT molecular complexity index is 830. The first-order chi connectivity index (χ1) is 11.5. The van der Waals surface area contributed by atoms with Gasteiger partial charge in [-0.05, 0) is 68.4 Å². The summed E-state index contributed by atoms with van der Waals surface area (Å²) in [5, 5.41) is 3.26. The van der Waals surface area contributed by atoms with Crippen molar-refractivity contribution in [2.24, 2.45) is 0 Å². The molecule has 1 aliphatic rings. The summed E-state index contributed by atoms with van der Waals surface area (Å²) in [6.45, 7) is 10.4. The first kappa shape index (κ1) is 16.5. The summed E-state index contributed by atoms with van der Waals surface area (Å²) in [6.07, 6.45) is 5.09. The van der Waals surface area contributed by atoms with Crippen LogP contribution in [0.15, 0.2) is 48.7 Å². The Morgan fingerprint density at radius 3 is 2.67 bits per heavy atom. The second-order valence-corrected chi connectivity index (χ2v) is 6.54. The van der Waals surface area contributed by atoms with E-state index in [-0.39, 0.29) is 5.82 Å². The average molecular weight is 321 g/mol. The zero-order valence-electron chi connectivity index (χ0n) is 14.7. The summed E-state index contributed by atoms with van der Waals surface area (Å²) >= 11 is 0. The standard InChI is InChI=1S/C22H24FN/c1-5-18(19-11-9-14(2)13-15(19)3)16(4)24-22-20-8-6-7-17(20)10-12-21(22)23/h5,9-13,24H,4,6-8H2,1-3H3/b18-5+. The van der Waals surface area contributed by atoms with E-state index in [4.69, 9.17) is 0 Å². The van der Waals surface area contributed by atoms with Crippen LogP contribution in [0.25, 0.3) is 5.57 Å². The maximum absolute atomic E-state index is 14.4. The molecule has 1 nitrogen and oxygen atoms in total. The number of benzene rings is 2. The second kappa shape index (κ2) is 6.64. The highest BCUT2D eigenvalue weighted by atomic mass is 19.1. The van der Waals surface area contributed by atoms with Gasteiger partial charge in [-0.25, -0.2) is 4.39 Å². The van der Waals surface area contributed by atoms with Gasteiger partial charge in [-0.15, -0.1) is 0 Å². The molecular weight excluding hydrogens is 297 g/mol. The zero-order valence-corrected chi connectivity index (χ0v) is 14.7. The molecular formula is C22H24FN. The number of halogens is 1. The molecule has 0 spiro atoms. The molecule has 2 heteroatoms. The van der Waals surface area contributed by atoms with Crippen LogP contribution in [0.3, 0.4) is 0 Å². The van der Waals surface area contributed by atoms with Crippen molar-refractivity contribution < 1.29 is 4.39 Å². The van der Waals surface area contributed by atoms with Crippen LogP contribution in [-0.2, 0) is 12.8 Å². The predicted molar refractivity (Wildman–Crippen MR) is 101 cm³/mol. The Labute approximate surface area is 143 Å². The normalized spacial score (nSPS) is 13.8. The zero-order chi connectivity index (χ0) is 17.3. The molecule has 3 rings (SSSR count). The topological polar surface area (TPSA) is 12.0 Å². The molecule has 0 saturated heterocycles. The Hall–Kier alpha value is -2.35. The maximum Gasteiger partial charge on any atom is 0.146 e. The third-order valence-electron chi connectivity index (χ3n) is 4.79. The summed E-state index contributed by atoms with van der Waals surface area (Å²) in [5.74, 6) is -0.201. The molecule has 0 heterocycles. The van der Waals surface area contributed by atoms with Gasteiger partial charge in [0.25, 0.3) is 0 Å². The first-order valence-electron chi connectivity index (χ1n) is 8.51. The van der Waals surface area contributed by atoms with Crippen LogP contribution in [0.1, 0.15) is 41.2 Å². The lowest BCUT2D eigenvalue weighted by Crippen LogP contribution is -2.06. The number of hydrogen-bond donors (Lipinski definition) is 1. The van der Waals surface area contributed by atoms with Crippen molar-refractivity contribution in [2.45, 2.75) is 40.0 Å². The van der Waals surface area contributed by atoms with Crippen LogP contribution >= 0.6 is 0 Å². The van der Waals surface area contributed by atoms with E-state index in [0.717, 1.165) is 41.7 Å². The third-order valence-corrected chi connectivity index (χ3v) is 4.79. The lowest BCUT2D eigenvalue weighted by atomic mass is 9.96. The smallest absolute Gasteiger partial charge is 0.146 e. The van der Waals surface area contributed by atoms with Crippen LogP contribution in [0, 0.1) is 19.7 Å². The lowest BCUT2D eigenvalue weighted by molar-refractivity contribution is 0.630. The van der Waals surface area contributed by atoms with E-state index in [1.54, 1.807) is 6.07 Å². The number of anilines is 1. The van der Waals surface area contributed by atoms with Crippen molar-refractivity contribution in [3.8, 4) is 0 Å². The molecule has 124 valence electrons. The molecule has 0 atom stereocenters. The van der Waals surface area contributed by atoms with E-state index in [2.05, 4.69) is 43.9 Å². The van der Waals surface area contributed by atoms with E-state index in [0.29, 0.717) is 5.69 Å². The number of rotatable bonds is 4. The van der Waals surface area contributed by atoms with Crippen LogP contribution in [0.2, 0.25) is 0 Å². The van der Waals surface area contributed by atoms with Gasteiger partial charge in [0.05, 0.1) is 5.69 Å². The van der Waals surface area contributed by atoms with Gasteiger partial charge in [-0.1, -0.05) is 42.5 Å². The van der Waals surface area contributed by atoms with Crippen LogP contribution in [-0.4, -0.2) is 0 Å². The Morgan fingerprint density at radius 2 is 1.96 bits per heavy atom. The highest BCUT2D eigenvalue weighted by Crippen LogP contribution is 2.34. The highest BCUT2D eigenvalue weighted by Gasteiger charge is 2.19. The number of nitrogens with one attached hydrogen (secondary N) is 1. The Morgan fingerprint density at radius 1 is 1.17 bits per heavy atom. The second-order valence-electron chi connectivity index (χ2n) is 6.54. The molecule has 0 saturated carbocycles. The van der Waals surface area contributed by atoms with Gasteiger partial charge in [0, 0.05) is 11.3 Å². The molecule has 2 aromatic carbocycles. The van der Waals surface area contributed by atoms with Gasteiger partial charge in [0.15, 0.2) is 0 Å². The van der Waals surface area contributed by atoms with Gasteiger partial charge in [0.2, 0.25) is 0 Å². The van der Waals surface area contributed by atoms with E-state index in [1.807, 2.05) is 19.1 Å². The highest BCUT2D eigenvalue weighted by molar-refractivity contribution is 5.83. The van der Waals surface area contributed by atoms with Crippen molar-refractivity contribution in [3.63, 3.8) is 0 Å². The number of allylic oxidation sites excluding steroid dienone is 2. The Balaban J connectivity index is 1.93. The van der Waals surface area contributed by atoms with Crippen molar-refractivity contribution in [1.29, 1.82) is 0 Å². The molecule has 0 aromatic heterocycles. The summed E-state index contributed by atoms with van der Waals surface area (Å²) in [5.41, 5.74) is 8.27. The van der Waals surface area contributed by atoms with E-state index in [9.17, 15) is 4.39 Å². The minimum atomic E-state index is -0.201. The fourth-order valence-electron chi connectivity index (χ4n) is 3.60. The summed E-state index contributed by atoms with van der Waals surface area (Å²) < 4.78 is 14.4. The monoisotopic (exact) mass is 321 g/mol. The molecule has 0 aliphatic heterocycles. The van der Waals surface area contributed by atoms with Crippen LogP contribution in [0.4, 0.5) is 10.1 Å². The van der Waals surface area contributed by atoms with Gasteiger partial charge in [-0.3, -0.25) is 0 Å². The molecule has 0 amide bonds. The van der Waals surface area contributed by atoms with Crippen LogP contribution < -0.4 is 5.32 Å². The van der Waals surface area contributed by atoms with Gasteiger partial charge in [-0.2, -0.15) is 0 Å². The quantitative estimate of drug-likeness (QED) is 0.685. The predicted octanol–water partition coefficient (Wildman–Crippen LogP) is 5.96. The third kappa shape index (κ3) is 3.01. The fourth-order valence-corrected chi connectivity index (χ4v) is 3.60. The molecule has 2 aromatic rings. The van der Waals surface area contributed by atoms with E-state index in [1.165, 1.54) is 16.7 Å². The van der Waals surface area contributed by atoms with Crippen molar-refractivity contribution in [2.75, 3.05) is 5.32 Å². The lowest BCUT2D eigenvalue weighted by Gasteiger charge is -2.18. The van der Waals surface area contributed by atoms with Gasteiger partial charge in [0.1, 0.15) is 5.82 Å². The number of aryl methyl sites for hydroxylation is 3. The molecule has 24 heavy (non-hydrogen) atoms.